The third-order valence-electron chi connectivity index (χ3n) is 3.33. The second-order valence-corrected chi connectivity index (χ2v) is 5.47. The highest BCUT2D eigenvalue weighted by molar-refractivity contribution is 9.09. The lowest BCUT2D eigenvalue weighted by atomic mass is 10.0. The minimum absolute atomic E-state index is 0.488. The Bertz CT molecular complexity index is 173. The highest BCUT2D eigenvalue weighted by Crippen LogP contribution is 2.17. The summed E-state index contributed by atoms with van der Waals surface area (Å²) in [5, 5.41) is 1.13. The standard InChI is InChI=1S/C13H26BrNO/c1-3-8-16-13-6-5-7-15(11-13)10-12(4-2)9-14/h12-13H,3-11H2,1-2H3. The lowest BCUT2D eigenvalue weighted by Gasteiger charge is -2.34. The van der Waals surface area contributed by atoms with Crippen molar-refractivity contribution < 1.29 is 4.74 Å². The summed E-state index contributed by atoms with van der Waals surface area (Å²) < 4.78 is 5.86. The molecule has 1 heterocycles. The number of halogens is 1. The normalized spacial score (nSPS) is 24.6. The molecule has 0 aliphatic carbocycles. The molecule has 0 amide bonds. The minimum atomic E-state index is 0.488. The molecule has 1 aliphatic rings. The number of likely N-dealkylation sites (tertiary alicyclic amines) is 1. The minimum Gasteiger partial charge on any atom is -0.377 e. The largest absolute Gasteiger partial charge is 0.377 e. The molecule has 1 saturated heterocycles. The van der Waals surface area contributed by atoms with Gasteiger partial charge in [-0.15, -0.1) is 0 Å². The number of nitrogens with zero attached hydrogens (tertiary/aromatic N) is 1. The van der Waals surface area contributed by atoms with Gasteiger partial charge in [-0.1, -0.05) is 36.2 Å². The molecular formula is C13H26BrNO. The van der Waals surface area contributed by atoms with E-state index in [1.165, 1.54) is 32.4 Å². The van der Waals surface area contributed by atoms with E-state index in [4.69, 9.17) is 4.74 Å². The molecule has 1 aliphatic heterocycles. The second-order valence-electron chi connectivity index (χ2n) is 4.82. The number of hydrogen-bond donors (Lipinski definition) is 0. The maximum Gasteiger partial charge on any atom is 0.0702 e. The molecule has 0 radical (unpaired) electrons. The van der Waals surface area contributed by atoms with E-state index in [9.17, 15) is 0 Å². The SMILES string of the molecule is CCCOC1CCCN(CC(CC)CBr)C1. The number of ether oxygens (including phenoxy) is 1. The highest BCUT2D eigenvalue weighted by Gasteiger charge is 2.21. The lowest BCUT2D eigenvalue weighted by Crippen LogP contribution is -2.42. The molecule has 0 spiro atoms. The first-order chi connectivity index (χ1) is 7.80. The molecule has 2 atom stereocenters. The van der Waals surface area contributed by atoms with Crippen molar-refractivity contribution >= 4 is 15.9 Å². The van der Waals surface area contributed by atoms with Crippen LogP contribution in [0.3, 0.4) is 0 Å². The van der Waals surface area contributed by atoms with E-state index in [-0.39, 0.29) is 0 Å². The van der Waals surface area contributed by atoms with Crippen LogP contribution in [-0.2, 0) is 4.74 Å². The van der Waals surface area contributed by atoms with E-state index >= 15 is 0 Å². The molecule has 0 bridgehead atoms. The maximum absolute atomic E-state index is 5.86. The summed E-state index contributed by atoms with van der Waals surface area (Å²) in [6.07, 6.45) is 5.44. The van der Waals surface area contributed by atoms with Gasteiger partial charge >= 0.3 is 0 Å². The van der Waals surface area contributed by atoms with E-state index in [2.05, 4.69) is 34.7 Å². The van der Waals surface area contributed by atoms with Crippen LogP contribution in [0.4, 0.5) is 0 Å². The summed E-state index contributed by atoms with van der Waals surface area (Å²) in [5.41, 5.74) is 0. The van der Waals surface area contributed by atoms with Gasteiger partial charge in [0.15, 0.2) is 0 Å². The highest BCUT2D eigenvalue weighted by atomic mass is 79.9. The molecule has 0 saturated carbocycles. The summed E-state index contributed by atoms with van der Waals surface area (Å²) in [7, 11) is 0. The summed E-state index contributed by atoms with van der Waals surface area (Å²) in [6, 6.07) is 0. The first kappa shape index (κ1) is 14.5. The molecule has 0 aromatic carbocycles. The van der Waals surface area contributed by atoms with Crippen LogP contribution in [0, 0.1) is 5.92 Å². The van der Waals surface area contributed by atoms with Gasteiger partial charge < -0.3 is 9.64 Å². The van der Waals surface area contributed by atoms with E-state index in [1.807, 2.05) is 0 Å². The molecule has 3 heteroatoms. The zero-order valence-electron chi connectivity index (χ0n) is 10.8. The monoisotopic (exact) mass is 291 g/mol. The van der Waals surface area contributed by atoms with Crippen molar-refractivity contribution in [2.24, 2.45) is 5.92 Å². The number of alkyl halides is 1. The van der Waals surface area contributed by atoms with E-state index in [1.54, 1.807) is 0 Å². The van der Waals surface area contributed by atoms with Crippen LogP contribution >= 0.6 is 15.9 Å². The summed E-state index contributed by atoms with van der Waals surface area (Å²) in [4.78, 5) is 2.58. The Kier molecular flexibility index (Phi) is 7.67. The Labute approximate surface area is 109 Å². The van der Waals surface area contributed by atoms with Gasteiger partial charge in [0.1, 0.15) is 0 Å². The Hall–Kier alpha value is 0.400. The van der Waals surface area contributed by atoms with Crippen LogP contribution in [0.25, 0.3) is 0 Å². The zero-order valence-corrected chi connectivity index (χ0v) is 12.3. The molecule has 1 fully saturated rings. The Morgan fingerprint density at radius 2 is 2.25 bits per heavy atom. The molecule has 0 N–H and O–H groups in total. The van der Waals surface area contributed by atoms with Crippen molar-refractivity contribution in [3.8, 4) is 0 Å². The fourth-order valence-electron chi connectivity index (χ4n) is 2.25. The van der Waals surface area contributed by atoms with Crippen molar-refractivity contribution in [1.82, 2.24) is 4.90 Å². The van der Waals surface area contributed by atoms with Crippen molar-refractivity contribution in [3.63, 3.8) is 0 Å². The maximum atomic E-state index is 5.86. The van der Waals surface area contributed by atoms with Crippen LogP contribution in [0.1, 0.15) is 39.5 Å². The number of piperidine rings is 1. The van der Waals surface area contributed by atoms with Gasteiger partial charge in [0, 0.05) is 25.0 Å². The average Bonchev–Trinajstić information content (AvgIpc) is 2.34. The Morgan fingerprint density at radius 1 is 1.44 bits per heavy atom. The van der Waals surface area contributed by atoms with E-state index < -0.39 is 0 Å². The van der Waals surface area contributed by atoms with Gasteiger partial charge in [-0.25, -0.2) is 0 Å². The zero-order chi connectivity index (χ0) is 11.8. The van der Waals surface area contributed by atoms with Crippen molar-refractivity contribution in [1.29, 1.82) is 0 Å². The lowest BCUT2D eigenvalue weighted by molar-refractivity contribution is -0.00317. The van der Waals surface area contributed by atoms with E-state index in [0.717, 1.165) is 30.8 Å². The van der Waals surface area contributed by atoms with Gasteiger partial charge in [-0.2, -0.15) is 0 Å². The second kappa shape index (κ2) is 8.48. The van der Waals surface area contributed by atoms with Crippen LogP contribution in [0.5, 0.6) is 0 Å². The van der Waals surface area contributed by atoms with Gasteiger partial charge in [-0.3, -0.25) is 0 Å². The molecule has 16 heavy (non-hydrogen) atoms. The van der Waals surface area contributed by atoms with Crippen LogP contribution in [0.15, 0.2) is 0 Å². The van der Waals surface area contributed by atoms with Crippen molar-refractivity contribution in [2.45, 2.75) is 45.6 Å². The average molecular weight is 292 g/mol. The third kappa shape index (κ3) is 5.15. The fourth-order valence-corrected chi connectivity index (χ4v) is 2.91. The summed E-state index contributed by atoms with van der Waals surface area (Å²) in [6.45, 7) is 9.01. The molecule has 1 rings (SSSR count). The van der Waals surface area contributed by atoms with Gasteiger partial charge in [0.05, 0.1) is 6.10 Å². The summed E-state index contributed by atoms with van der Waals surface area (Å²) in [5.74, 6) is 0.796. The molecule has 2 unspecified atom stereocenters. The van der Waals surface area contributed by atoms with E-state index in [0.29, 0.717) is 6.10 Å². The molecule has 2 nitrogen and oxygen atoms in total. The van der Waals surface area contributed by atoms with Crippen LogP contribution < -0.4 is 0 Å². The molecule has 96 valence electrons. The number of hydrogen-bond acceptors (Lipinski definition) is 2. The Balaban J connectivity index is 2.26. The van der Waals surface area contributed by atoms with Gasteiger partial charge in [-0.05, 0) is 31.7 Å². The predicted octanol–water partition coefficient (Wildman–Crippen LogP) is 3.30. The third-order valence-corrected chi connectivity index (χ3v) is 4.25. The predicted molar refractivity (Wildman–Crippen MR) is 73.3 cm³/mol. The topological polar surface area (TPSA) is 12.5 Å². The summed E-state index contributed by atoms with van der Waals surface area (Å²) >= 11 is 3.60. The van der Waals surface area contributed by atoms with Gasteiger partial charge in [0.2, 0.25) is 0 Å². The molecule has 0 aromatic heterocycles. The molecule has 0 aromatic rings. The van der Waals surface area contributed by atoms with Crippen molar-refractivity contribution in [2.75, 3.05) is 31.6 Å². The van der Waals surface area contributed by atoms with Crippen molar-refractivity contribution in [3.05, 3.63) is 0 Å². The van der Waals surface area contributed by atoms with Gasteiger partial charge in [0.25, 0.3) is 0 Å². The fraction of sp³-hybridized carbons (Fsp3) is 1.00. The first-order valence-corrected chi connectivity index (χ1v) is 7.82. The smallest absolute Gasteiger partial charge is 0.0702 e. The molecular weight excluding hydrogens is 266 g/mol. The first-order valence-electron chi connectivity index (χ1n) is 6.70. The quantitative estimate of drug-likeness (QED) is 0.668. The Morgan fingerprint density at radius 3 is 2.88 bits per heavy atom. The van der Waals surface area contributed by atoms with Crippen LogP contribution in [0.2, 0.25) is 0 Å². The van der Waals surface area contributed by atoms with Crippen LogP contribution in [-0.4, -0.2) is 42.6 Å². The number of rotatable bonds is 7.